The van der Waals surface area contributed by atoms with Gasteiger partial charge in [-0.15, -0.1) is 0 Å². The van der Waals surface area contributed by atoms with Crippen molar-refractivity contribution >= 4 is 11.0 Å². The van der Waals surface area contributed by atoms with E-state index in [1.807, 2.05) is 0 Å². The zero-order valence-electron chi connectivity index (χ0n) is 27.1. The first-order valence-electron chi connectivity index (χ1n) is 16.1. The van der Waals surface area contributed by atoms with Gasteiger partial charge in [-0.1, -0.05) is 0 Å². The molecule has 6 rings (SSSR count). The zero-order chi connectivity index (χ0) is 36.9. The van der Waals surface area contributed by atoms with Gasteiger partial charge in [0.1, 0.15) is 88.9 Å². The Kier molecular flexibility index (Phi) is 10.9. The van der Waals surface area contributed by atoms with Gasteiger partial charge in [-0.05, 0) is 38.1 Å². The third-order valence-corrected chi connectivity index (χ3v) is 9.16. The van der Waals surface area contributed by atoms with Gasteiger partial charge in [-0.3, -0.25) is 4.79 Å². The molecule has 15 atom stereocenters. The second-order valence-electron chi connectivity index (χ2n) is 12.8. The Hall–Kier alpha value is -3.47. The fourth-order valence-electron chi connectivity index (χ4n) is 6.12. The number of aliphatic hydroxyl groups excluding tert-OH is 8. The van der Waals surface area contributed by atoms with Gasteiger partial charge in [0.25, 0.3) is 0 Å². The number of aliphatic hydroxyl groups is 8. The number of fused-ring (bicyclic) bond motifs is 1. The van der Waals surface area contributed by atoms with E-state index in [-0.39, 0.29) is 28.2 Å². The van der Waals surface area contributed by atoms with Gasteiger partial charge in [0.05, 0.1) is 18.8 Å². The molecule has 3 aliphatic heterocycles. The quantitative estimate of drug-likeness (QED) is 0.117. The number of phenolic OH excluding ortho intramolecular Hbond substituents is 2. The van der Waals surface area contributed by atoms with Crippen molar-refractivity contribution in [2.75, 3.05) is 6.61 Å². The van der Waals surface area contributed by atoms with Crippen LogP contribution in [-0.2, 0) is 23.7 Å². The number of rotatable bonds is 8. The first-order valence-corrected chi connectivity index (χ1v) is 16.1. The van der Waals surface area contributed by atoms with E-state index in [1.165, 1.54) is 44.2 Å². The molecule has 280 valence electrons. The summed E-state index contributed by atoms with van der Waals surface area (Å²) in [5.74, 6) is -0.682. The Labute approximate surface area is 288 Å². The number of phenols is 2. The van der Waals surface area contributed by atoms with Crippen molar-refractivity contribution in [3.8, 4) is 28.6 Å². The average Bonchev–Trinajstić information content (AvgIpc) is 3.09. The lowest BCUT2D eigenvalue weighted by Crippen LogP contribution is -2.65. The molecule has 18 nitrogen and oxygen atoms in total. The molecule has 3 aliphatic rings. The summed E-state index contributed by atoms with van der Waals surface area (Å²) in [5, 5.41) is 104. The summed E-state index contributed by atoms with van der Waals surface area (Å²) in [5.41, 5.74) is -0.311. The molecular weight excluding hydrogens is 684 g/mol. The molecule has 4 heterocycles. The van der Waals surface area contributed by atoms with E-state index in [0.717, 1.165) is 12.1 Å². The summed E-state index contributed by atoms with van der Waals surface area (Å²) in [4.78, 5) is 13.0. The van der Waals surface area contributed by atoms with Crippen molar-refractivity contribution in [3.63, 3.8) is 0 Å². The Morgan fingerprint density at radius 2 is 1.27 bits per heavy atom. The van der Waals surface area contributed by atoms with Crippen molar-refractivity contribution in [3.05, 3.63) is 52.7 Å². The van der Waals surface area contributed by atoms with Crippen LogP contribution in [0.15, 0.2) is 51.7 Å². The highest BCUT2D eigenvalue weighted by Crippen LogP contribution is 2.35. The molecule has 3 saturated heterocycles. The van der Waals surface area contributed by atoms with Crippen LogP contribution >= 0.6 is 0 Å². The Bertz CT molecular complexity index is 1710. The van der Waals surface area contributed by atoms with Gasteiger partial charge in [0.2, 0.25) is 6.29 Å². The van der Waals surface area contributed by atoms with Gasteiger partial charge in [0, 0.05) is 23.8 Å². The molecule has 1 aromatic heterocycles. The largest absolute Gasteiger partial charge is 0.508 e. The first-order chi connectivity index (χ1) is 24.1. The molecule has 2 aromatic carbocycles. The standard InChI is InChI=1S/C33H40O18/c1-11-22(37)25(40)28(43)31(46-11)45-10-20-24(39)27(42)30(51-32-29(44)26(41)23(38)12(2)47-32)33(50-20)48-15-7-16(35)21-17(36)9-18(49-19(21)8-15)13-3-5-14(34)6-4-13/h3-9,11-12,20,22-35,37-44H,10H2,1-2H3/t11-,12-,20+,22-,23-,24+,25+,26+,27-,28+,29+,30+,31+,32-,33+/m1/s1. The Morgan fingerprint density at radius 1 is 0.667 bits per heavy atom. The fourth-order valence-corrected chi connectivity index (χ4v) is 6.12. The molecular formula is C33H40O18. The molecule has 0 bridgehead atoms. The minimum Gasteiger partial charge on any atom is -0.508 e. The third-order valence-electron chi connectivity index (χ3n) is 9.16. The SMILES string of the molecule is C[C@H]1O[C@H](OC[C@@H]2O[C@H](Oc3cc(O)c4c(=O)cc(-c5ccc(O)cc5)oc4c3)[C@@H](O[C@H]3O[C@H](C)[C@@H](O)[C@H](O)[C@@H]3O)[C@H](O)[C@H]2O)[C@@H](O)[C@@H](O)[C@@H]1O. The number of hydrogen-bond acceptors (Lipinski definition) is 18. The lowest BCUT2D eigenvalue weighted by molar-refractivity contribution is -0.360. The molecule has 10 N–H and O–H groups in total. The first kappa shape index (κ1) is 37.3. The predicted octanol–water partition coefficient (Wildman–Crippen LogP) is -2.25. The topological polar surface area (TPSA) is 288 Å². The van der Waals surface area contributed by atoms with E-state index in [0.29, 0.717) is 5.56 Å². The minimum absolute atomic E-state index is 0.0184. The maximum atomic E-state index is 13.0. The third kappa shape index (κ3) is 7.42. The molecule has 0 spiro atoms. The molecule has 3 fully saturated rings. The highest BCUT2D eigenvalue weighted by molar-refractivity contribution is 5.86. The molecule has 0 unspecified atom stereocenters. The molecule has 0 amide bonds. The molecule has 0 radical (unpaired) electrons. The predicted molar refractivity (Wildman–Crippen MR) is 168 cm³/mol. The summed E-state index contributed by atoms with van der Waals surface area (Å²) in [7, 11) is 0. The van der Waals surface area contributed by atoms with Crippen molar-refractivity contribution in [2.45, 2.75) is 106 Å². The maximum Gasteiger partial charge on any atom is 0.229 e. The second-order valence-corrected chi connectivity index (χ2v) is 12.8. The van der Waals surface area contributed by atoms with Gasteiger partial charge in [0.15, 0.2) is 24.1 Å². The summed E-state index contributed by atoms with van der Waals surface area (Å²) < 4.78 is 40.1. The van der Waals surface area contributed by atoms with Crippen molar-refractivity contribution in [1.29, 1.82) is 0 Å². The van der Waals surface area contributed by atoms with Crippen LogP contribution < -0.4 is 10.2 Å². The smallest absolute Gasteiger partial charge is 0.229 e. The summed E-state index contributed by atoms with van der Waals surface area (Å²) in [6.45, 7) is 2.25. The molecule has 3 aromatic rings. The molecule has 18 heteroatoms. The summed E-state index contributed by atoms with van der Waals surface area (Å²) in [6, 6.07) is 9.22. The number of aromatic hydroxyl groups is 2. The van der Waals surface area contributed by atoms with E-state index >= 15 is 0 Å². The molecule has 0 aliphatic carbocycles. The number of ether oxygens (including phenoxy) is 6. The van der Waals surface area contributed by atoms with Crippen LogP contribution in [0.4, 0.5) is 0 Å². The summed E-state index contributed by atoms with van der Waals surface area (Å²) >= 11 is 0. The van der Waals surface area contributed by atoms with E-state index in [2.05, 4.69) is 0 Å². The van der Waals surface area contributed by atoms with Gasteiger partial charge >= 0.3 is 0 Å². The van der Waals surface area contributed by atoms with E-state index in [9.17, 15) is 55.9 Å². The van der Waals surface area contributed by atoms with Crippen molar-refractivity contribution in [2.24, 2.45) is 0 Å². The second kappa shape index (κ2) is 14.9. The van der Waals surface area contributed by atoms with Crippen LogP contribution in [0.25, 0.3) is 22.3 Å². The van der Waals surface area contributed by atoms with Crippen LogP contribution in [-0.4, -0.2) is 150 Å². The highest BCUT2D eigenvalue weighted by atomic mass is 16.8. The monoisotopic (exact) mass is 724 g/mol. The summed E-state index contributed by atoms with van der Waals surface area (Å²) in [6.07, 6.45) is -23.4. The maximum absolute atomic E-state index is 13.0. The van der Waals surface area contributed by atoms with Gasteiger partial charge in [-0.2, -0.15) is 0 Å². The average molecular weight is 725 g/mol. The Balaban J connectivity index is 1.30. The van der Waals surface area contributed by atoms with Crippen molar-refractivity contribution < 1.29 is 83.9 Å². The molecule has 0 saturated carbocycles. The number of benzene rings is 2. The zero-order valence-corrected chi connectivity index (χ0v) is 27.1. The highest BCUT2D eigenvalue weighted by Gasteiger charge is 2.52. The fraction of sp³-hybridized carbons (Fsp3) is 0.545. The van der Waals surface area contributed by atoms with E-state index in [1.54, 1.807) is 0 Å². The minimum atomic E-state index is -1.89. The van der Waals surface area contributed by atoms with Crippen LogP contribution in [0.1, 0.15) is 13.8 Å². The van der Waals surface area contributed by atoms with E-state index in [4.69, 9.17) is 32.8 Å². The van der Waals surface area contributed by atoms with Gasteiger partial charge < -0.3 is 83.9 Å². The van der Waals surface area contributed by atoms with Crippen LogP contribution in [0.3, 0.4) is 0 Å². The number of hydrogen-bond donors (Lipinski definition) is 10. The normalized spacial score (nSPS) is 38.8. The van der Waals surface area contributed by atoms with E-state index < -0.39 is 110 Å². The van der Waals surface area contributed by atoms with Gasteiger partial charge in [-0.25, -0.2) is 0 Å². The lowest BCUT2D eigenvalue weighted by Gasteiger charge is -2.46. The lowest BCUT2D eigenvalue weighted by atomic mass is 9.97. The molecule has 51 heavy (non-hydrogen) atoms. The Morgan fingerprint density at radius 3 is 1.92 bits per heavy atom. The van der Waals surface area contributed by atoms with Crippen LogP contribution in [0.5, 0.6) is 17.2 Å². The van der Waals surface area contributed by atoms with Crippen LogP contribution in [0.2, 0.25) is 0 Å². The van der Waals surface area contributed by atoms with Crippen molar-refractivity contribution in [1.82, 2.24) is 0 Å². The van der Waals surface area contributed by atoms with Crippen LogP contribution in [0, 0.1) is 0 Å².